The number of nitrogens with zero attached hydrogens (tertiary/aromatic N) is 1. The second-order valence-corrected chi connectivity index (χ2v) is 8.71. The zero-order valence-corrected chi connectivity index (χ0v) is 21.3. The average molecular weight is 491 g/mol. The number of benzene rings is 3. The number of amides is 2. The van der Waals surface area contributed by atoms with Crippen LogP contribution in [0, 0.1) is 0 Å². The van der Waals surface area contributed by atoms with E-state index < -0.39 is 6.04 Å². The topological polar surface area (TPSA) is 77.1 Å². The van der Waals surface area contributed by atoms with Crippen molar-refractivity contribution in [2.75, 3.05) is 20.8 Å². The molecule has 0 aliphatic carbocycles. The molecule has 3 rings (SSSR count). The van der Waals surface area contributed by atoms with Crippen molar-refractivity contribution in [3.63, 3.8) is 0 Å². The van der Waals surface area contributed by atoms with Gasteiger partial charge in [0.1, 0.15) is 23.3 Å². The van der Waals surface area contributed by atoms with Gasteiger partial charge >= 0.3 is 0 Å². The van der Waals surface area contributed by atoms with Crippen LogP contribution in [0.5, 0.6) is 17.2 Å². The Kier molecular flexibility index (Phi) is 9.74. The van der Waals surface area contributed by atoms with Gasteiger partial charge in [0.25, 0.3) is 5.91 Å². The fourth-order valence-electron chi connectivity index (χ4n) is 3.81. The molecule has 0 saturated heterocycles. The van der Waals surface area contributed by atoms with Crippen molar-refractivity contribution in [2.24, 2.45) is 0 Å². The summed E-state index contributed by atoms with van der Waals surface area (Å²) in [7, 11) is 3.10. The zero-order valence-electron chi connectivity index (χ0n) is 21.3. The van der Waals surface area contributed by atoms with Crippen molar-refractivity contribution in [3.8, 4) is 17.2 Å². The molecule has 0 aliphatic rings. The summed E-state index contributed by atoms with van der Waals surface area (Å²) in [6.07, 6.45) is 0.380. The Bertz CT molecular complexity index is 1100. The number of ether oxygens (including phenoxy) is 3. The highest BCUT2D eigenvalue weighted by molar-refractivity contribution is 5.88. The Balaban J connectivity index is 1.89. The minimum absolute atomic E-state index is 0.0649. The highest BCUT2D eigenvalue weighted by Gasteiger charge is 2.31. The predicted octanol–water partition coefficient (Wildman–Crippen LogP) is 4.25. The molecule has 0 saturated carbocycles. The van der Waals surface area contributed by atoms with Crippen LogP contribution in [0.15, 0.2) is 78.9 Å². The quantitative estimate of drug-likeness (QED) is 0.411. The van der Waals surface area contributed by atoms with Gasteiger partial charge < -0.3 is 24.4 Å². The number of hydrogen-bond acceptors (Lipinski definition) is 5. The van der Waals surface area contributed by atoms with Gasteiger partial charge in [-0.3, -0.25) is 9.59 Å². The maximum Gasteiger partial charge on any atom is 0.261 e. The van der Waals surface area contributed by atoms with E-state index in [0.717, 1.165) is 11.1 Å². The summed E-state index contributed by atoms with van der Waals surface area (Å²) in [5.74, 6) is 1.03. The minimum atomic E-state index is -0.717. The fraction of sp³-hybridized carbons (Fsp3) is 0.310. The van der Waals surface area contributed by atoms with Gasteiger partial charge in [-0.05, 0) is 25.0 Å². The summed E-state index contributed by atoms with van der Waals surface area (Å²) >= 11 is 0. The summed E-state index contributed by atoms with van der Waals surface area (Å²) in [5.41, 5.74) is 1.88. The number of carbonyl (C=O) groups is 2. The van der Waals surface area contributed by atoms with Crippen molar-refractivity contribution in [2.45, 2.75) is 38.9 Å². The van der Waals surface area contributed by atoms with Gasteiger partial charge in [0, 0.05) is 37.2 Å². The second kappa shape index (κ2) is 13.2. The largest absolute Gasteiger partial charge is 0.496 e. The van der Waals surface area contributed by atoms with E-state index in [1.54, 1.807) is 37.3 Å². The van der Waals surface area contributed by atoms with E-state index in [9.17, 15) is 9.59 Å². The molecule has 190 valence electrons. The van der Waals surface area contributed by atoms with Crippen LogP contribution in [0.1, 0.15) is 25.0 Å². The molecular formula is C29H34N2O5. The Morgan fingerprint density at radius 2 is 1.33 bits per heavy atom. The molecule has 1 unspecified atom stereocenters. The fourth-order valence-corrected chi connectivity index (χ4v) is 3.81. The van der Waals surface area contributed by atoms with Crippen molar-refractivity contribution in [3.05, 3.63) is 90.0 Å². The Hall–Kier alpha value is -4.00. The Morgan fingerprint density at radius 1 is 0.806 bits per heavy atom. The SMILES string of the molecule is COc1cc(OC)cc(OCC(=O)N(Cc2ccccc2)C(Cc2ccccc2)C(=O)NC(C)C)c1. The molecule has 0 spiro atoms. The first-order valence-electron chi connectivity index (χ1n) is 11.9. The molecule has 1 atom stereocenters. The van der Waals surface area contributed by atoms with Crippen molar-refractivity contribution in [1.29, 1.82) is 0 Å². The lowest BCUT2D eigenvalue weighted by molar-refractivity contribution is -0.143. The number of carbonyl (C=O) groups excluding carboxylic acids is 2. The van der Waals surface area contributed by atoms with Crippen molar-refractivity contribution in [1.82, 2.24) is 10.2 Å². The highest BCUT2D eigenvalue weighted by atomic mass is 16.5. The highest BCUT2D eigenvalue weighted by Crippen LogP contribution is 2.27. The van der Waals surface area contributed by atoms with E-state index in [4.69, 9.17) is 14.2 Å². The van der Waals surface area contributed by atoms with Crippen LogP contribution in [-0.2, 0) is 22.6 Å². The standard InChI is InChI=1S/C29H34N2O5/c1-21(2)30-29(33)27(15-22-11-7-5-8-12-22)31(19-23-13-9-6-10-14-23)28(32)20-36-26-17-24(34-3)16-25(18-26)35-4/h5-14,16-18,21,27H,15,19-20H2,1-4H3,(H,30,33). The van der Waals surface area contributed by atoms with Crippen LogP contribution in [-0.4, -0.2) is 49.6 Å². The second-order valence-electron chi connectivity index (χ2n) is 8.71. The lowest BCUT2D eigenvalue weighted by Gasteiger charge is -2.32. The average Bonchev–Trinajstić information content (AvgIpc) is 2.89. The summed E-state index contributed by atoms with van der Waals surface area (Å²) in [6.45, 7) is 3.83. The molecule has 36 heavy (non-hydrogen) atoms. The van der Waals surface area contributed by atoms with Crippen LogP contribution < -0.4 is 19.5 Å². The van der Waals surface area contributed by atoms with Crippen LogP contribution in [0.4, 0.5) is 0 Å². The molecule has 0 radical (unpaired) electrons. The van der Waals surface area contributed by atoms with Crippen LogP contribution in [0.25, 0.3) is 0 Å². The van der Waals surface area contributed by atoms with Gasteiger partial charge in [-0.1, -0.05) is 60.7 Å². The monoisotopic (exact) mass is 490 g/mol. The smallest absolute Gasteiger partial charge is 0.261 e. The first kappa shape index (κ1) is 26.6. The van der Waals surface area contributed by atoms with Crippen LogP contribution in [0.3, 0.4) is 0 Å². The van der Waals surface area contributed by atoms with E-state index in [2.05, 4.69) is 5.32 Å². The predicted molar refractivity (Wildman–Crippen MR) is 139 cm³/mol. The molecule has 7 nitrogen and oxygen atoms in total. The zero-order chi connectivity index (χ0) is 25.9. The van der Waals surface area contributed by atoms with E-state index >= 15 is 0 Å². The third-order valence-corrected chi connectivity index (χ3v) is 5.59. The summed E-state index contributed by atoms with van der Waals surface area (Å²) in [6, 6.07) is 23.6. The first-order chi connectivity index (χ1) is 17.4. The van der Waals surface area contributed by atoms with Crippen LogP contribution in [0.2, 0.25) is 0 Å². The summed E-state index contributed by atoms with van der Waals surface area (Å²) in [4.78, 5) is 28.6. The number of methoxy groups -OCH3 is 2. The molecule has 0 bridgehead atoms. The van der Waals surface area contributed by atoms with E-state index in [-0.39, 0.29) is 31.0 Å². The van der Waals surface area contributed by atoms with E-state index in [1.807, 2.05) is 74.5 Å². The number of hydrogen-bond donors (Lipinski definition) is 1. The molecule has 0 aromatic heterocycles. The third kappa shape index (κ3) is 7.77. The maximum atomic E-state index is 13.6. The summed E-state index contributed by atoms with van der Waals surface area (Å²) < 4.78 is 16.4. The van der Waals surface area contributed by atoms with Gasteiger partial charge in [-0.15, -0.1) is 0 Å². The molecule has 7 heteroatoms. The molecule has 0 heterocycles. The van der Waals surface area contributed by atoms with Gasteiger partial charge in [0.05, 0.1) is 14.2 Å². The minimum Gasteiger partial charge on any atom is -0.496 e. The van der Waals surface area contributed by atoms with E-state index in [0.29, 0.717) is 23.7 Å². The molecular weight excluding hydrogens is 456 g/mol. The molecule has 3 aromatic carbocycles. The van der Waals surface area contributed by atoms with Gasteiger partial charge in [0.15, 0.2) is 6.61 Å². The first-order valence-corrected chi connectivity index (χ1v) is 11.9. The molecule has 0 fully saturated rings. The van der Waals surface area contributed by atoms with Crippen molar-refractivity contribution >= 4 is 11.8 Å². The van der Waals surface area contributed by atoms with Gasteiger partial charge in [-0.25, -0.2) is 0 Å². The molecule has 3 aromatic rings. The number of rotatable bonds is 12. The van der Waals surface area contributed by atoms with Crippen LogP contribution >= 0.6 is 0 Å². The number of nitrogens with one attached hydrogen (secondary N) is 1. The molecule has 2 amide bonds. The maximum absolute atomic E-state index is 13.6. The molecule has 1 N–H and O–H groups in total. The third-order valence-electron chi connectivity index (χ3n) is 5.59. The van der Waals surface area contributed by atoms with Gasteiger partial charge in [-0.2, -0.15) is 0 Å². The summed E-state index contributed by atoms with van der Waals surface area (Å²) in [5, 5.41) is 2.98. The Labute approximate surface area is 213 Å². The lowest BCUT2D eigenvalue weighted by atomic mass is 10.0. The van der Waals surface area contributed by atoms with E-state index in [1.165, 1.54) is 0 Å². The van der Waals surface area contributed by atoms with Crippen molar-refractivity contribution < 1.29 is 23.8 Å². The van der Waals surface area contributed by atoms with Gasteiger partial charge in [0.2, 0.25) is 5.91 Å². The normalized spacial score (nSPS) is 11.5. The lowest BCUT2D eigenvalue weighted by Crippen LogP contribution is -2.52. The molecule has 0 aliphatic heterocycles. The Morgan fingerprint density at radius 3 is 1.86 bits per heavy atom.